The Morgan fingerprint density at radius 1 is 1.11 bits per heavy atom. The van der Waals surface area contributed by atoms with Crippen LogP contribution in [-0.4, -0.2) is 66.0 Å². The molecular formula is C30H33N3O5. The molecule has 2 saturated heterocycles. The molecule has 0 aliphatic carbocycles. The molecular weight excluding hydrogens is 482 g/mol. The van der Waals surface area contributed by atoms with Gasteiger partial charge in [0.05, 0.1) is 26.3 Å². The van der Waals surface area contributed by atoms with Gasteiger partial charge in [-0.05, 0) is 43.5 Å². The number of urea groups is 1. The molecule has 0 radical (unpaired) electrons. The molecule has 8 nitrogen and oxygen atoms in total. The predicted molar refractivity (Wildman–Crippen MR) is 143 cm³/mol. The SMILES string of the molecule is CCN1C(=O)N2Cc3cc(OC)cc(OC)c3C(C)C=C2C12CCN(C(=O)c1cc3ccccc3o1)CC2. The number of fused-ring (bicyclic) bond motifs is 4. The van der Waals surface area contributed by atoms with Gasteiger partial charge in [0.1, 0.15) is 17.1 Å². The summed E-state index contributed by atoms with van der Waals surface area (Å²) in [5.41, 5.74) is 3.40. The van der Waals surface area contributed by atoms with Gasteiger partial charge in [0.25, 0.3) is 5.91 Å². The van der Waals surface area contributed by atoms with Crippen LogP contribution in [0.15, 0.2) is 58.7 Å². The van der Waals surface area contributed by atoms with Gasteiger partial charge in [-0.15, -0.1) is 0 Å². The number of carbonyl (C=O) groups excluding carboxylic acids is 2. The van der Waals surface area contributed by atoms with Crippen LogP contribution in [-0.2, 0) is 6.54 Å². The van der Waals surface area contributed by atoms with Gasteiger partial charge < -0.3 is 23.7 Å². The number of allylic oxidation sites excluding steroid dienone is 1. The number of methoxy groups -OCH3 is 2. The average Bonchev–Trinajstić information content (AvgIpc) is 3.40. The van der Waals surface area contributed by atoms with Gasteiger partial charge in [0.15, 0.2) is 5.76 Å². The lowest BCUT2D eigenvalue weighted by Gasteiger charge is -2.44. The zero-order valence-electron chi connectivity index (χ0n) is 22.3. The molecule has 1 aromatic heterocycles. The van der Waals surface area contributed by atoms with E-state index in [9.17, 15) is 9.59 Å². The van der Waals surface area contributed by atoms with Crippen LogP contribution in [0, 0.1) is 0 Å². The molecule has 4 heterocycles. The van der Waals surface area contributed by atoms with Crippen LogP contribution >= 0.6 is 0 Å². The number of nitrogens with zero attached hydrogens (tertiary/aromatic N) is 3. The molecule has 2 fully saturated rings. The lowest BCUT2D eigenvalue weighted by atomic mass is 9.82. The van der Waals surface area contributed by atoms with Crippen LogP contribution in [0.5, 0.6) is 11.5 Å². The minimum absolute atomic E-state index is 0.0117. The van der Waals surface area contributed by atoms with Crippen molar-refractivity contribution in [3.8, 4) is 11.5 Å². The van der Waals surface area contributed by atoms with Gasteiger partial charge in [0.2, 0.25) is 0 Å². The topological polar surface area (TPSA) is 75.5 Å². The quantitative estimate of drug-likeness (QED) is 0.466. The molecule has 0 N–H and O–H groups in total. The van der Waals surface area contributed by atoms with Gasteiger partial charge >= 0.3 is 6.03 Å². The van der Waals surface area contributed by atoms with E-state index in [1.165, 1.54) is 0 Å². The Morgan fingerprint density at radius 2 is 1.87 bits per heavy atom. The van der Waals surface area contributed by atoms with Gasteiger partial charge in [-0.25, -0.2) is 4.79 Å². The number of likely N-dealkylation sites (N-methyl/N-ethyl adjacent to an activating group) is 1. The van der Waals surface area contributed by atoms with E-state index in [4.69, 9.17) is 13.9 Å². The summed E-state index contributed by atoms with van der Waals surface area (Å²) in [6.07, 6.45) is 3.57. The van der Waals surface area contributed by atoms with Crippen LogP contribution < -0.4 is 9.47 Å². The van der Waals surface area contributed by atoms with Crippen molar-refractivity contribution < 1.29 is 23.5 Å². The smallest absolute Gasteiger partial charge is 0.325 e. The third-order valence-electron chi connectivity index (χ3n) is 8.42. The van der Waals surface area contributed by atoms with E-state index in [1.807, 2.05) is 64.1 Å². The molecule has 0 saturated carbocycles. The molecule has 3 amide bonds. The van der Waals surface area contributed by atoms with Crippen LogP contribution in [0.25, 0.3) is 11.0 Å². The Balaban J connectivity index is 1.32. The Hall–Kier alpha value is -3.94. The summed E-state index contributed by atoms with van der Waals surface area (Å²) in [4.78, 5) is 32.9. The Morgan fingerprint density at radius 3 is 2.55 bits per heavy atom. The Labute approximate surface area is 222 Å². The Bertz CT molecular complexity index is 1420. The third-order valence-corrected chi connectivity index (χ3v) is 8.42. The molecule has 3 aromatic rings. The van der Waals surface area contributed by atoms with E-state index < -0.39 is 5.54 Å². The van der Waals surface area contributed by atoms with Crippen molar-refractivity contribution in [2.75, 3.05) is 33.9 Å². The molecule has 0 bridgehead atoms. The standard InChI is InChI=1S/C30H33N3O5/c1-5-33-29(35)32-18-21-15-22(36-3)17-24(37-4)27(21)19(2)14-26(32)30(33)10-12-31(13-11-30)28(34)25-16-20-8-6-7-9-23(20)38-25/h6-9,14-17,19H,5,10-13,18H2,1-4H3. The molecule has 2 aromatic carbocycles. The number of piperidine rings is 1. The molecule has 8 heteroatoms. The second-order valence-corrected chi connectivity index (χ2v) is 10.3. The number of hydrogen-bond donors (Lipinski definition) is 0. The fourth-order valence-electron chi connectivity index (χ4n) is 6.59. The zero-order chi connectivity index (χ0) is 26.6. The second kappa shape index (κ2) is 9.11. The molecule has 3 aliphatic rings. The first-order valence-electron chi connectivity index (χ1n) is 13.2. The zero-order valence-corrected chi connectivity index (χ0v) is 22.3. The van der Waals surface area contributed by atoms with Crippen LogP contribution in [0.3, 0.4) is 0 Å². The average molecular weight is 516 g/mol. The fraction of sp³-hybridized carbons (Fsp3) is 0.400. The van der Waals surface area contributed by atoms with Gasteiger partial charge in [-0.1, -0.05) is 31.2 Å². The molecule has 198 valence electrons. The van der Waals surface area contributed by atoms with Crippen molar-refractivity contribution in [1.29, 1.82) is 0 Å². The van der Waals surface area contributed by atoms with Crippen molar-refractivity contribution in [1.82, 2.24) is 14.7 Å². The maximum absolute atomic E-state index is 13.8. The first kappa shape index (κ1) is 24.4. The minimum atomic E-state index is -0.454. The Kier molecular flexibility index (Phi) is 5.85. The number of furan rings is 1. The summed E-state index contributed by atoms with van der Waals surface area (Å²) in [6, 6.07) is 13.4. The van der Waals surface area contributed by atoms with Crippen molar-refractivity contribution in [3.05, 3.63) is 71.1 Å². The van der Waals surface area contributed by atoms with E-state index in [1.54, 1.807) is 14.2 Å². The summed E-state index contributed by atoms with van der Waals surface area (Å²) in [5.74, 6) is 1.78. The normalized spacial score (nSPS) is 20.3. The third kappa shape index (κ3) is 3.57. The van der Waals surface area contributed by atoms with Gasteiger partial charge in [-0.2, -0.15) is 0 Å². The van der Waals surface area contributed by atoms with Gasteiger partial charge in [-0.3, -0.25) is 9.69 Å². The second-order valence-electron chi connectivity index (χ2n) is 10.3. The van der Waals surface area contributed by atoms with Gasteiger partial charge in [0, 0.05) is 48.3 Å². The molecule has 1 spiro atoms. The van der Waals surface area contributed by atoms with E-state index >= 15 is 0 Å². The first-order valence-corrected chi connectivity index (χ1v) is 13.2. The van der Waals surface area contributed by atoms with E-state index in [0.717, 1.165) is 28.0 Å². The molecule has 6 rings (SSSR count). The number of carbonyl (C=O) groups is 2. The summed E-state index contributed by atoms with van der Waals surface area (Å²) in [6.45, 7) is 6.33. The van der Waals surface area contributed by atoms with Crippen molar-refractivity contribution in [2.45, 2.75) is 44.7 Å². The summed E-state index contributed by atoms with van der Waals surface area (Å²) in [5, 5.41) is 0.919. The van der Waals surface area contributed by atoms with Crippen molar-refractivity contribution >= 4 is 22.9 Å². The summed E-state index contributed by atoms with van der Waals surface area (Å²) in [7, 11) is 3.31. The summed E-state index contributed by atoms with van der Waals surface area (Å²) < 4.78 is 17.1. The number of para-hydroxylation sites is 1. The number of amides is 3. The van der Waals surface area contributed by atoms with E-state index in [0.29, 0.717) is 56.1 Å². The lowest BCUT2D eigenvalue weighted by Crippen LogP contribution is -2.54. The highest BCUT2D eigenvalue weighted by Crippen LogP contribution is 2.49. The maximum Gasteiger partial charge on any atom is 0.325 e. The van der Waals surface area contributed by atoms with E-state index in [-0.39, 0.29) is 17.9 Å². The van der Waals surface area contributed by atoms with Crippen molar-refractivity contribution in [3.63, 3.8) is 0 Å². The lowest BCUT2D eigenvalue weighted by molar-refractivity contribution is 0.0549. The molecule has 1 atom stereocenters. The highest BCUT2D eigenvalue weighted by atomic mass is 16.5. The molecule has 1 unspecified atom stereocenters. The minimum Gasteiger partial charge on any atom is -0.497 e. The van der Waals surface area contributed by atoms with Crippen LogP contribution in [0.1, 0.15) is 54.3 Å². The molecule has 3 aliphatic heterocycles. The highest BCUT2D eigenvalue weighted by molar-refractivity contribution is 5.96. The summed E-state index contributed by atoms with van der Waals surface area (Å²) >= 11 is 0. The number of ether oxygens (including phenoxy) is 2. The van der Waals surface area contributed by atoms with Crippen LogP contribution in [0.2, 0.25) is 0 Å². The predicted octanol–water partition coefficient (Wildman–Crippen LogP) is 5.38. The maximum atomic E-state index is 13.8. The number of benzene rings is 2. The van der Waals surface area contributed by atoms with Crippen LogP contribution in [0.4, 0.5) is 4.79 Å². The van der Waals surface area contributed by atoms with Crippen molar-refractivity contribution in [2.24, 2.45) is 0 Å². The first-order chi connectivity index (χ1) is 18.4. The largest absolute Gasteiger partial charge is 0.497 e. The number of hydrogen-bond acceptors (Lipinski definition) is 5. The number of likely N-dealkylation sites (tertiary alicyclic amines) is 1. The molecule has 38 heavy (non-hydrogen) atoms. The monoisotopic (exact) mass is 515 g/mol. The number of rotatable bonds is 4. The highest BCUT2D eigenvalue weighted by Gasteiger charge is 2.55. The van der Waals surface area contributed by atoms with E-state index in [2.05, 4.69) is 13.0 Å². The fourth-order valence-corrected chi connectivity index (χ4v) is 6.59.